The van der Waals surface area contributed by atoms with Crippen molar-refractivity contribution in [1.82, 2.24) is 10.1 Å². The van der Waals surface area contributed by atoms with Crippen LogP contribution in [-0.2, 0) is 6.54 Å². The molecule has 0 spiro atoms. The van der Waals surface area contributed by atoms with E-state index in [-0.39, 0.29) is 0 Å². The summed E-state index contributed by atoms with van der Waals surface area (Å²) >= 11 is 0. The molecule has 2 aromatic carbocycles. The number of likely N-dealkylation sites (N-methyl/N-ethyl adjacent to an activating group) is 1. The van der Waals surface area contributed by atoms with Gasteiger partial charge < -0.3 is 9.42 Å². The maximum absolute atomic E-state index is 5.19. The third-order valence-electron chi connectivity index (χ3n) is 4.14. The molecule has 0 saturated heterocycles. The molecule has 1 aliphatic rings. The second-order valence-electron chi connectivity index (χ2n) is 5.57. The average Bonchev–Trinajstić information content (AvgIpc) is 2.93. The fraction of sp³-hybridized carbons (Fsp3) is 0.235. The summed E-state index contributed by atoms with van der Waals surface area (Å²) in [5, 5.41) is 4.94. The number of hydrogen-bond donors (Lipinski definition) is 0. The molecule has 0 N–H and O–H groups in total. The summed E-state index contributed by atoms with van der Waals surface area (Å²) in [5.74, 6) is 0.421. The van der Waals surface area contributed by atoms with E-state index in [0.717, 1.165) is 24.1 Å². The lowest BCUT2D eigenvalue weighted by molar-refractivity contribution is 0.295. The van der Waals surface area contributed by atoms with Crippen molar-refractivity contribution in [3.63, 3.8) is 0 Å². The van der Waals surface area contributed by atoms with Crippen molar-refractivity contribution in [1.29, 1.82) is 0 Å². The van der Waals surface area contributed by atoms with Crippen molar-refractivity contribution in [2.75, 3.05) is 13.6 Å². The second-order valence-corrected chi connectivity index (χ2v) is 5.57. The van der Waals surface area contributed by atoms with Crippen molar-refractivity contribution in [3.8, 4) is 0 Å². The fourth-order valence-electron chi connectivity index (χ4n) is 3.18. The Hall–Kier alpha value is -2.13. The minimum Gasteiger partial charge on any atom is -0.356 e. The smallest absolute Gasteiger partial charge is 0.166 e. The molecule has 100 valence electrons. The standard InChI is InChI=1S/C17H16N2O/c1-19-10-13-4-2-3-5-15(13)16(11-19)12-6-7-17-14(8-12)9-18-20-17/h2-9,16H,10-11H2,1H3. The topological polar surface area (TPSA) is 29.3 Å². The molecule has 1 aromatic heterocycles. The first-order chi connectivity index (χ1) is 9.81. The first kappa shape index (κ1) is 11.7. The van der Waals surface area contributed by atoms with Gasteiger partial charge in [-0.3, -0.25) is 0 Å². The third-order valence-corrected chi connectivity index (χ3v) is 4.14. The highest BCUT2D eigenvalue weighted by molar-refractivity contribution is 5.77. The fourth-order valence-corrected chi connectivity index (χ4v) is 3.18. The summed E-state index contributed by atoms with van der Waals surface area (Å²) in [5.41, 5.74) is 5.06. The Bertz CT molecular complexity index is 762. The van der Waals surface area contributed by atoms with Crippen molar-refractivity contribution in [2.24, 2.45) is 0 Å². The highest BCUT2D eigenvalue weighted by Crippen LogP contribution is 2.34. The van der Waals surface area contributed by atoms with Gasteiger partial charge in [-0.15, -0.1) is 0 Å². The van der Waals surface area contributed by atoms with Crippen LogP contribution in [0.15, 0.2) is 53.2 Å². The number of aromatic nitrogens is 1. The lowest BCUT2D eigenvalue weighted by Gasteiger charge is -2.32. The van der Waals surface area contributed by atoms with Crippen molar-refractivity contribution >= 4 is 11.0 Å². The summed E-state index contributed by atoms with van der Waals surface area (Å²) < 4.78 is 5.19. The van der Waals surface area contributed by atoms with Crippen molar-refractivity contribution in [3.05, 3.63) is 65.4 Å². The van der Waals surface area contributed by atoms with Crippen LogP contribution >= 0.6 is 0 Å². The number of rotatable bonds is 1. The molecule has 0 fully saturated rings. The second kappa shape index (κ2) is 4.46. The lowest BCUT2D eigenvalue weighted by Crippen LogP contribution is -2.30. The van der Waals surface area contributed by atoms with Crippen LogP contribution in [-0.4, -0.2) is 23.6 Å². The first-order valence-electron chi connectivity index (χ1n) is 6.92. The Morgan fingerprint density at radius 3 is 3.05 bits per heavy atom. The summed E-state index contributed by atoms with van der Waals surface area (Å²) in [7, 11) is 2.18. The zero-order valence-electron chi connectivity index (χ0n) is 11.4. The van der Waals surface area contributed by atoms with Crippen LogP contribution in [0.3, 0.4) is 0 Å². The van der Waals surface area contributed by atoms with Gasteiger partial charge in [-0.1, -0.05) is 35.5 Å². The molecule has 3 aromatic rings. The minimum atomic E-state index is 0.421. The monoisotopic (exact) mass is 264 g/mol. The Morgan fingerprint density at radius 2 is 2.10 bits per heavy atom. The summed E-state index contributed by atoms with van der Waals surface area (Å²) in [4.78, 5) is 2.38. The van der Waals surface area contributed by atoms with Crippen LogP contribution in [0.2, 0.25) is 0 Å². The van der Waals surface area contributed by atoms with Gasteiger partial charge in [-0.25, -0.2) is 0 Å². The Labute approximate surface area is 117 Å². The molecule has 1 atom stereocenters. The molecular weight excluding hydrogens is 248 g/mol. The Morgan fingerprint density at radius 1 is 1.20 bits per heavy atom. The van der Waals surface area contributed by atoms with Gasteiger partial charge in [0, 0.05) is 24.4 Å². The summed E-state index contributed by atoms with van der Waals surface area (Å²) in [6.45, 7) is 2.08. The van der Waals surface area contributed by atoms with Crippen LogP contribution in [0.25, 0.3) is 11.0 Å². The molecule has 1 aliphatic heterocycles. The molecule has 3 nitrogen and oxygen atoms in total. The van der Waals surface area contributed by atoms with Crippen molar-refractivity contribution in [2.45, 2.75) is 12.5 Å². The molecule has 0 amide bonds. The van der Waals surface area contributed by atoms with Gasteiger partial charge in [0.1, 0.15) is 0 Å². The van der Waals surface area contributed by atoms with Crippen LogP contribution < -0.4 is 0 Å². The van der Waals surface area contributed by atoms with Gasteiger partial charge in [0.15, 0.2) is 5.58 Å². The number of hydrogen-bond acceptors (Lipinski definition) is 3. The van der Waals surface area contributed by atoms with E-state index in [1.54, 1.807) is 6.20 Å². The van der Waals surface area contributed by atoms with E-state index < -0.39 is 0 Å². The molecule has 3 heteroatoms. The van der Waals surface area contributed by atoms with Gasteiger partial charge in [0.2, 0.25) is 0 Å². The van der Waals surface area contributed by atoms with E-state index in [9.17, 15) is 0 Å². The van der Waals surface area contributed by atoms with Crippen LogP contribution in [0.4, 0.5) is 0 Å². The first-order valence-corrected chi connectivity index (χ1v) is 6.92. The molecule has 1 unspecified atom stereocenters. The number of nitrogens with zero attached hydrogens (tertiary/aromatic N) is 2. The van der Waals surface area contributed by atoms with E-state index in [4.69, 9.17) is 4.52 Å². The molecule has 2 heterocycles. The molecule has 4 rings (SSSR count). The van der Waals surface area contributed by atoms with E-state index in [0.29, 0.717) is 5.92 Å². The zero-order valence-corrected chi connectivity index (χ0v) is 11.4. The van der Waals surface area contributed by atoms with Gasteiger partial charge in [0.05, 0.1) is 6.20 Å². The predicted molar refractivity (Wildman–Crippen MR) is 78.6 cm³/mol. The third kappa shape index (κ3) is 1.82. The Balaban J connectivity index is 1.84. The highest BCUT2D eigenvalue weighted by atomic mass is 16.5. The SMILES string of the molecule is CN1Cc2ccccc2C(c2ccc3oncc3c2)C1. The van der Waals surface area contributed by atoms with Gasteiger partial charge in [0.25, 0.3) is 0 Å². The van der Waals surface area contributed by atoms with Crippen molar-refractivity contribution < 1.29 is 4.52 Å². The largest absolute Gasteiger partial charge is 0.356 e. The zero-order chi connectivity index (χ0) is 13.5. The summed E-state index contributed by atoms with van der Waals surface area (Å²) in [6.07, 6.45) is 1.79. The van der Waals surface area contributed by atoms with Gasteiger partial charge >= 0.3 is 0 Å². The van der Waals surface area contributed by atoms with Gasteiger partial charge in [-0.2, -0.15) is 0 Å². The predicted octanol–water partition coefficient (Wildman–Crippen LogP) is 3.41. The van der Waals surface area contributed by atoms with E-state index in [2.05, 4.69) is 53.5 Å². The van der Waals surface area contributed by atoms with E-state index in [1.165, 1.54) is 16.7 Å². The minimum absolute atomic E-state index is 0.421. The van der Waals surface area contributed by atoms with Gasteiger partial charge in [-0.05, 0) is 35.9 Å². The highest BCUT2D eigenvalue weighted by Gasteiger charge is 2.24. The van der Waals surface area contributed by atoms with E-state index >= 15 is 0 Å². The van der Waals surface area contributed by atoms with Crippen LogP contribution in [0.5, 0.6) is 0 Å². The molecule has 0 saturated carbocycles. The lowest BCUT2D eigenvalue weighted by atomic mass is 9.84. The maximum atomic E-state index is 5.19. The molecule has 0 bridgehead atoms. The molecule has 0 radical (unpaired) electrons. The number of fused-ring (bicyclic) bond motifs is 2. The van der Waals surface area contributed by atoms with E-state index in [1.807, 2.05) is 6.07 Å². The summed E-state index contributed by atoms with van der Waals surface area (Å²) in [6, 6.07) is 15.1. The van der Waals surface area contributed by atoms with Crippen LogP contribution in [0.1, 0.15) is 22.6 Å². The molecule has 0 aliphatic carbocycles. The molecule has 20 heavy (non-hydrogen) atoms. The quantitative estimate of drug-likeness (QED) is 0.674. The maximum Gasteiger partial charge on any atom is 0.166 e. The Kier molecular flexibility index (Phi) is 2.60. The average molecular weight is 264 g/mol. The number of benzene rings is 2. The van der Waals surface area contributed by atoms with Crippen LogP contribution in [0, 0.1) is 0 Å². The molecular formula is C17H16N2O. The normalized spacial score (nSPS) is 19.1.